The lowest BCUT2D eigenvalue weighted by atomic mass is 10.1. The minimum absolute atomic E-state index is 0.134. The smallest absolute Gasteiger partial charge is 0.150 e. The molecule has 2 rings (SSSR count). The summed E-state index contributed by atoms with van der Waals surface area (Å²) in [6.07, 6.45) is 0.786. The molecule has 0 aliphatic rings. The van der Waals surface area contributed by atoms with Crippen molar-refractivity contribution in [2.75, 3.05) is 5.73 Å². The number of nitrogen functional groups attached to an aromatic ring is 1. The number of thiophene rings is 1. The van der Waals surface area contributed by atoms with E-state index in [1.807, 2.05) is 0 Å². The van der Waals surface area contributed by atoms with Crippen molar-refractivity contribution < 1.29 is 9.90 Å². The van der Waals surface area contributed by atoms with E-state index in [1.54, 1.807) is 23.6 Å². The number of hydrogen-bond acceptors (Lipinski definition) is 4. The molecule has 2 aromatic rings. The van der Waals surface area contributed by atoms with E-state index >= 15 is 0 Å². The second-order valence-electron chi connectivity index (χ2n) is 3.14. The SMILES string of the molecule is Nc1ccc(-c2cc(C=O)cs2)c(O)c1. The number of anilines is 1. The molecule has 76 valence electrons. The molecule has 0 saturated carbocycles. The van der Waals surface area contributed by atoms with Gasteiger partial charge in [0.05, 0.1) is 0 Å². The van der Waals surface area contributed by atoms with Crippen LogP contribution in [0.4, 0.5) is 5.69 Å². The van der Waals surface area contributed by atoms with Gasteiger partial charge in [0.15, 0.2) is 6.29 Å². The van der Waals surface area contributed by atoms with E-state index in [0.29, 0.717) is 16.8 Å². The van der Waals surface area contributed by atoms with E-state index in [0.717, 1.165) is 11.2 Å². The van der Waals surface area contributed by atoms with Gasteiger partial charge in [-0.2, -0.15) is 0 Å². The molecule has 0 spiro atoms. The van der Waals surface area contributed by atoms with Crippen molar-refractivity contribution in [3.05, 3.63) is 35.2 Å². The fourth-order valence-electron chi connectivity index (χ4n) is 1.31. The van der Waals surface area contributed by atoms with Crippen LogP contribution in [0.2, 0.25) is 0 Å². The molecule has 3 nitrogen and oxygen atoms in total. The van der Waals surface area contributed by atoms with Crippen molar-refractivity contribution in [2.24, 2.45) is 0 Å². The Morgan fingerprint density at radius 1 is 1.33 bits per heavy atom. The van der Waals surface area contributed by atoms with E-state index in [2.05, 4.69) is 0 Å². The van der Waals surface area contributed by atoms with Gasteiger partial charge in [0.1, 0.15) is 5.75 Å². The number of rotatable bonds is 2. The summed E-state index contributed by atoms with van der Waals surface area (Å²) in [4.78, 5) is 11.4. The zero-order chi connectivity index (χ0) is 10.8. The van der Waals surface area contributed by atoms with Gasteiger partial charge in [-0.05, 0) is 18.2 Å². The summed E-state index contributed by atoms with van der Waals surface area (Å²) >= 11 is 1.42. The van der Waals surface area contributed by atoms with Crippen LogP contribution in [0.3, 0.4) is 0 Å². The molecule has 1 aromatic carbocycles. The monoisotopic (exact) mass is 219 g/mol. The summed E-state index contributed by atoms with van der Waals surface area (Å²) in [5.74, 6) is 0.134. The lowest BCUT2D eigenvalue weighted by Crippen LogP contribution is -1.84. The van der Waals surface area contributed by atoms with E-state index in [1.165, 1.54) is 17.4 Å². The fraction of sp³-hybridized carbons (Fsp3) is 0. The zero-order valence-electron chi connectivity index (χ0n) is 7.81. The molecule has 0 aliphatic carbocycles. The zero-order valence-corrected chi connectivity index (χ0v) is 8.62. The first-order valence-electron chi connectivity index (χ1n) is 4.33. The first-order chi connectivity index (χ1) is 7.20. The topological polar surface area (TPSA) is 63.3 Å². The molecule has 0 aliphatic heterocycles. The van der Waals surface area contributed by atoms with Gasteiger partial charge in [0.25, 0.3) is 0 Å². The number of aromatic hydroxyl groups is 1. The molecule has 0 fully saturated rings. The van der Waals surface area contributed by atoms with E-state index in [-0.39, 0.29) is 5.75 Å². The average Bonchev–Trinajstić information content (AvgIpc) is 2.66. The Morgan fingerprint density at radius 3 is 2.73 bits per heavy atom. The number of hydrogen-bond donors (Lipinski definition) is 2. The highest BCUT2D eigenvalue weighted by Gasteiger charge is 2.07. The third kappa shape index (κ3) is 1.85. The van der Waals surface area contributed by atoms with E-state index in [9.17, 15) is 9.90 Å². The van der Waals surface area contributed by atoms with Crippen LogP contribution in [0, 0.1) is 0 Å². The molecule has 0 unspecified atom stereocenters. The van der Waals surface area contributed by atoms with Crippen molar-refractivity contribution in [1.82, 2.24) is 0 Å². The van der Waals surface area contributed by atoms with Crippen molar-refractivity contribution in [3.8, 4) is 16.2 Å². The third-order valence-electron chi connectivity index (χ3n) is 2.04. The van der Waals surface area contributed by atoms with Crippen LogP contribution in [0.15, 0.2) is 29.6 Å². The van der Waals surface area contributed by atoms with E-state index < -0.39 is 0 Å². The fourth-order valence-corrected chi connectivity index (χ4v) is 2.20. The summed E-state index contributed by atoms with van der Waals surface area (Å²) < 4.78 is 0. The molecule has 0 amide bonds. The molecule has 0 atom stereocenters. The third-order valence-corrected chi connectivity index (χ3v) is 3.02. The number of carbonyl (C=O) groups is 1. The summed E-state index contributed by atoms with van der Waals surface area (Å²) in [6, 6.07) is 6.69. The van der Waals surface area contributed by atoms with E-state index in [4.69, 9.17) is 5.73 Å². The van der Waals surface area contributed by atoms with Crippen LogP contribution >= 0.6 is 11.3 Å². The number of phenols is 1. The predicted molar refractivity (Wildman–Crippen MR) is 61.2 cm³/mol. The summed E-state index contributed by atoms with van der Waals surface area (Å²) in [7, 11) is 0. The molecular formula is C11H9NO2S. The molecule has 1 heterocycles. The molecule has 0 saturated heterocycles. The molecule has 15 heavy (non-hydrogen) atoms. The van der Waals surface area contributed by atoms with Gasteiger partial charge < -0.3 is 10.8 Å². The van der Waals surface area contributed by atoms with Gasteiger partial charge in [0.2, 0.25) is 0 Å². The largest absolute Gasteiger partial charge is 0.507 e. The molecule has 0 radical (unpaired) electrons. The molecule has 4 heteroatoms. The van der Waals surface area contributed by atoms with Gasteiger partial charge in [-0.1, -0.05) is 0 Å². The van der Waals surface area contributed by atoms with Gasteiger partial charge in [-0.3, -0.25) is 4.79 Å². The molecule has 1 aromatic heterocycles. The maximum atomic E-state index is 10.5. The Labute approximate surface area is 90.8 Å². The highest BCUT2D eigenvalue weighted by Crippen LogP contribution is 2.34. The number of phenolic OH excluding ortho intramolecular Hbond substituents is 1. The quantitative estimate of drug-likeness (QED) is 0.602. The van der Waals surface area contributed by atoms with Crippen LogP contribution in [0.5, 0.6) is 5.75 Å². The standard InChI is InChI=1S/C11H9NO2S/c12-8-1-2-9(10(14)4-8)11-3-7(5-13)6-15-11/h1-6,14H,12H2. The Morgan fingerprint density at radius 2 is 2.13 bits per heavy atom. The van der Waals surface area contributed by atoms with Crippen LogP contribution in [-0.2, 0) is 0 Å². The van der Waals surface area contributed by atoms with Crippen LogP contribution in [-0.4, -0.2) is 11.4 Å². The first kappa shape index (κ1) is 9.73. The summed E-state index contributed by atoms with van der Waals surface area (Å²) in [6.45, 7) is 0. The normalized spacial score (nSPS) is 10.1. The van der Waals surface area contributed by atoms with Gasteiger partial charge in [0, 0.05) is 33.1 Å². The van der Waals surface area contributed by atoms with Gasteiger partial charge in [-0.15, -0.1) is 11.3 Å². The average molecular weight is 219 g/mol. The van der Waals surface area contributed by atoms with Gasteiger partial charge >= 0.3 is 0 Å². The summed E-state index contributed by atoms with van der Waals surface area (Å²) in [5, 5.41) is 11.4. The maximum Gasteiger partial charge on any atom is 0.150 e. The number of benzene rings is 1. The molecule has 3 N–H and O–H groups in total. The van der Waals surface area contributed by atoms with Crippen molar-refractivity contribution in [2.45, 2.75) is 0 Å². The Kier molecular flexibility index (Phi) is 2.43. The number of aldehydes is 1. The first-order valence-corrected chi connectivity index (χ1v) is 5.21. The van der Waals surface area contributed by atoms with Crippen LogP contribution < -0.4 is 5.73 Å². The minimum atomic E-state index is 0.134. The number of carbonyl (C=O) groups excluding carboxylic acids is 1. The maximum absolute atomic E-state index is 10.5. The molecule has 0 bridgehead atoms. The van der Waals surface area contributed by atoms with Gasteiger partial charge in [-0.25, -0.2) is 0 Å². The van der Waals surface area contributed by atoms with Crippen LogP contribution in [0.1, 0.15) is 10.4 Å². The Bertz CT molecular complexity index is 505. The minimum Gasteiger partial charge on any atom is -0.507 e. The van der Waals surface area contributed by atoms with Crippen molar-refractivity contribution >= 4 is 23.3 Å². The highest BCUT2D eigenvalue weighted by atomic mass is 32.1. The molecular weight excluding hydrogens is 210 g/mol. The second-order valence-corrected chi connectivity index (χ2v) is 4.05. The number of nitrogens with two attached hydrogens (primary N) is 1. The predicted octanol–water partition coefficient (Wildman–Crippen LogP) is 2.52. The van der Waals surface area contributed by atoms with Crippen molar-refractivity contribution in [1.29, 1.82) is 0 Å². The van der Waals surface area contributed by atoms with Crippen LogP contribution in [0.25, 0.3) is 10.4 Å². The Hall–Kier alpha value is -1.81. The second kappa shape index (κ2) is 3.74. The lowest BCUT2D eigenvalue weighted by Gasteiger charge is -2.02. The lowest BCUT2D eigenvalue weighted by molar-refractivity contribution is 0.112. The highest BCUT2D eigenvalue weighted by molar-refractivity contribution is 7.13. The Balaban J connectivity index is 2.49. The summed E-state index contributed by atoms with van der Waals surface area (Å²) in [5.41, 5.74) is 7.35. The van der Waals surface area contributed by atoms with Crippen molar-refractivity contribution in [3.63, 3.8) is 0 Å².